The topological polar surface area (TPSA) is 110 Å². The van der Waals surface area contributed by atoms with Crippen LogP contribution in [0.1, 0.15) is 12.1 Å². The van der Waals surface area contributed by atoms with Crippen LogP contribution in [0.4, 0.5) is 0 Å². The molecule has 2 aromatic heterocycles. The number of aromatic nitrogens is 4. The number of aryl methyl sites for hydroxylation is 1. The number of aliphatic hydroxyl groups is 1. The molecular formula is C11H15N5O3S. The van der Waals surface area contributed by atoms with Crippen LogP contribution < -0.4 is 4.72 Å². The lowest BCUT2D eigenvalue weighted by Crippen LogP contribution is -2.23. The molecule has 0 fully saturated rings. The molecule has 0 aromatic carbocycles. The first-order chi connectivity index (χ1) is 9.62. The maximum absolute atomic E-state index is 12.0. The van der Waals surface area contributed by atoms with Crippen LogP contribution in [0.5, 0.6) is 0 Å². The summed E-state index contributed by atoms with van der Waals surface area (Å²) in [5.74, 6) is 0. The number of nitrogens with zero attached hydrogens (tertiary/aromatic N) is 4. The number of hydrogen-bond donors (Lipinski definition) is 2. The van der Waals surface area contributed by atoms with Crippen LogP contribution in [0.3, 0.4) is 0 Å². The quantitative estimate of drug-likeness (QED) is 0.715. The Hall–Kier alpha value is -1.84. The van der Waals surface area contributed by atoms with Crippen LogP contribution in [-0.2, 0) is 23.1 Å². The Labute approximate surface area is 116 Å². The first kappa shape index (κ1) is 14.6. The summed E-state index contributed by atoms with van der Waals surface area (Å²) in [6.45, 7) is 0.570. The van der Waals surface area contributed by atoms with E-state index >= 15 is 0 Å². The largest absolute Gasteiger partial charge is 0.396 e. The lowest BCUT2D eigenvalue weighted by Gasteiger charge is -2.03. The third kappa shape index (κ3) is 3.83. The summed E-state index contributed by atoms with van der Waals surface area (Å²) in [5.41, 5.74) is 0.531. The van der Waals surface area contributed by atoms with Gasteiger partial charge in [-0.25, -0.2) is 13.1 Å². The first-order valence-corrected chi connectivity index (χ1v) is 7.50. The van der Waals surface area contributed by atoms with Gasteiger partial charge < -0.3 is 5.11 Å². The van der Waals surface area contributed by atoms with Crippen molar-refractivity contribution in [1.29, 1.82) is 0 Å². The predicted molar refractivity (Wildman–Crippen MR) is 70.0 cm³/mol. The highest BCUT2D eigenvalue weighted by Gasteiger charge is 2.16. The molecule has 8 nitrogen and oxygen atoms in total. The van der Waals surface area contributed by atoms with Crippen LogP contribution in [-0.4, -0.2) is 40.1 Å². The van der Waals surface area contributed by atoms with Crippen LogP contribution in [0.25, 0.3) is 0 Å². The highest BCUT2D eigenvalue weighted by atomic mass is 32.2. The Balaban J connectivity index is 2.01. The minimum Gasteiger partial charge on any atom is -0.396 e. The number of sulfonamides is 1. The van der Waals surface area contributed by atoms with Gasteiger partial charge in [0.1, 0.15) is 4.90 Å². The summed E-state index contributed by atoms with van der Waals surface area (Å²) in [6.07, 6.45) is 4.74. The Kier molecular flexibility index (Phi) is 4.77. The molecule has 0 saturated carbocycles. The SMILES string of the molecule is O=S(=O)(NCc1cccnn1)c1cnn(CCCO)c1. The van der Waals surface area contributed by atoms with Crippen molar-refractivity contribution in [3.05, 3.63) is 36.4 Å². The highest BCUT2D eigenvalue weighted by Crippen LogP contribution is 2.08. The molecule has 108 valence electrons. The van der Waals surface area contributed by atoms with Crippen LogP contribution in [0.15, 0.2) is 35.6 Å². The third-order valence-corrected chi connectivity index (χ3v) is 3.89. The second-order valence-electron chi connectivity index (χ2n) is 4.06. The van der Waals surface area contributed by atoms with E-state index in [2.05, 4.69) is 20.0 Å². The zero-order valence-electron chi connectivity index (χ0n) is 10.7. The Morgan fingerprint density at radius 3 is 2.95 bits per heavy atom. The van der Waals surface area contributed by atoms with E-state index in [0.717, 1.165) is 0 Å². The Morgan fingerprint density at radius 2 is 2.25 bits per heavy atom. The van der Waals surface area contributed by atoms with E-state index in [1.807, 2.05) is 0 Å². The van der Waals surface area contributed by atoms with Gasteiger partial charge in [-0.15, -0.1) is 0 Å². The number of nitrogens with one attached hydrogen (secondary N) is 1. The zero-order valence-corrected chi connectivity index (χ0v) is 11.5. The van der Waals surface area contributed by atoms with E-state index in [1.54, 1.807) is 12.1 Å². The fourth-order valence-electron chi connectivity index (χ4n) is 1.52. The molecule has 0 aliphatic carbocycles. The van der Waals surface area contributed by atoms with Crippen LogP contribution >= 0.6 is 0 Å². The van der Waals surface area contributed by atoms with Gasteiger partial charge >= 0.3 is 0 Å². The van der Waals surface area contributed by atoms with E-state index in [1.165, 1.54) is 23.3 Å². The first-order valence-electron chi connectivity index (χ1n) is 6.01. The Morgan fingerprint density at radius 1 is 1.40 bits per heavy atom. The van der Waals surface area contributed by atoms with Gasteiger partial charge in [-0.3, -0.25) is 4.68 Å². The Bertz CT molecular complexity index is 641. The van der Waals surface area contributed by atoms with Crippen molar-refractivity contribution in [3.8, 4) is 0 Å². The zero-order chi connectivity index (χ0) is 14.4. The summed E-state index contributed by atoms with van der Waals surface area (Å²) in [4.78, 5) is 0.0827. The molecule has 0 radical (unpaired) electrons. The average molecular weight is 297 g/mol. The monoisotopic (exact) mass is 297 g/mol. The maximum atomic E-state index is 12.0. The molecule has 0 bridgehead atoms. The fourth-order valence-corrected chi connectivity index (χ4v) is 2.47. The predicted octanol–water partition coefficient (Wildman–Crippen LogP) is -0.466. The molecule has 0 aliphatic heterocycles. The normalized spacial score (nSPS) is 11.7. The van der Waals surface area contributed by atoms with Crippen molar-refractivity contribution in [2.45, 2.75) is 24.4 Å². The summed E-state index contributed by atoms with van der Waals surface area (Å²) < 4.78 is 28.0. The van der Waals surface area contributed by atoms with Gasteiger partial charge in [-0.05, 0) is 18.6 Å². The molecule has 0 aliphatic rings. The summed E-state index contributed by atoms with van der Waals surface area (Å²) in [7, 11) is -3.63. The lowest BCUT2D eigenvalue weighted by molar-refractivity contribution is 0.277. The van der Waals surface area contributed by atoms with Gasteiger partial charge in [0.2, 0.25) is 10.0 Å². The van der Waals surface area contributed by atoms with Crippen molar-refractivity contribution in [2.75, 3.05) is 6.61 Å². The van der Waals surface area contributed by atoms with E-state index in [0.29, 0.717) is 18.7 Å². The minimum absolute atomic E-state index is 0.0346. The fraction of sp³-hybridized carbons (Fsp3) is 0.364. The van der Waals surface area contributed by atoms with Crippen molar-refractivity contribution in [2.24, 2.45) is 0 Å². The van der Waals surface area contributed by atoms with E-state index < -0.39 is 10.0 Å². The molecule has 2 N–H and O–H groups in total. The van der Waals surface area contributed by atoms with Gasteiger partial charge in [0.25, 0.3) is 0 Å². The molecule has 0 spiro atoms. The number of aliphatic hydroxyl groups excluding tert-OH is 1. The van der Waals surface area contributed by atoms with Crippen molar-refractivity contribution in [3.63, 3.8) is 0 Å². The maximum Gasteiger partial charge on any atom is 0.244 e. The second-order valence-corrected chi connectivity index (χ2v) is 5.82. The molecule has 0 saturated heterocycles. The standard InChI is InChI=1S/C11H15N5O3S/c17-6-2-5-16-9-11(8-13-16)20(18,19)14-7-10-3-1-4-12-15-10/h1,3-4,8-9,14,17H,2,5-7H2. The van der Waals surface area contributed by atoms with Crippen molar-refractivity contribution < 1.29 is 13.5 Å². The van der Waals surface area contributed by atoms with Gasteiger partial charge in [0.05, 0.1) is 18.4 Å². The number of rotatable bonds is 7. The van der Waals surface area contributed by atoms with E-state index in [-0.39, 0.29) is 18.0 Å². The average Bonchev–Trinajstić information content (AvgIpc) is 2.94. The highest BCUT2D eigenvalue weighted by molar-refractivity contribution is 7.89. The van der Waals surface area contributed by atoms with Gasteiger partial charge in [0.15, 0.2) is 0 Å². The minimum atomic E-state index is -3.63. The molecule has 0 unspecified atom stereocenters. The van der Waals surface area contributed by atoms with Crippen LogP contribution in [0, 0.1) is 0 Å². The summed E-state index contributed by atoms with van der Waals surface area (Å²) in [6, 6.07) is 3.36. The molecular weight excluding hydrogens is 282 g/mol. The summed E-state index contributed by atoms with van der Waals surface area (Å²) >= 11 is 0. The van der Waals surface area contributed by atoms with Crippen molar-refractivity contribution >= 4 is 10.0 Å². The molecule has 0 atom stereocenters. The molecule has 2 rings (SSSR count). The van der Waals surface area contributed by atoms with Gasteiger partial charge in [-0.2, -0.15) is 15.3 Å². The summed E-state index contributed by atoms with van der Waals surface area (Å²) in [5, 5.41) is 20.1. The number of hydrogen-bond acceptors (Lipinski definition) is 6. The van der Waals surface area contributed by atoms with E-state index in [4.69, 9.17) is 5.11 Å². The smallest absolute Gasteiger partial charge is 0.244 e. The van der Waals surface area contributed by atoms with Crippen molar-refractivity contribution in [1.82, 2.24) is 24.7 Å². The van der Waals surface area contributed by atoms with Gasteiger partial charge in [-0.1, -0.05) is 0 Å². The molecule has 0 amide bonds. The molecule has 2 aromatic rings. The lowest BCUT2D eigenvalue weighted by atomic mass is 10.4. The second kappa shape index (κ2) is 6.55. The van der Waals surface area contributed by atoms with Gasteiger partial charge in [0, 0.05) is 25.5 Å². The van der Waals surface area contributed by atoms with Crippen LogP contribution in [0.2, 0.25) is 0 Å². The molecule has 20 heavy (non-hydrogen) atoms. The molecule has 2 heterocycles. The third-order valence-electron chi connectivity index (χ3n) is 2.54. The van der Waals surface area contributed by atoms with E-state index in [9.17, 15) is 8.42 Å². The molecule has 9 heteroatoms.